The van der Waals surface area contributed by atoms with Crippen LogP contribution in [-0.4, -0.2) is 27.8 Å². The third-order valence-corrected chi connectivity index (χ3v) is 7.25. The van der Waals surface area contributed by atoms with Gasteiger partial charge in [0.1, 0.15) is 5.41 Å². The molecule has 8 nitrogen and oxygen atoms in total. The SMILES string of the molecule is O=C1[C@@H]2C3c4ccccc4C(C(=O)O)(c4ccccc43)[C@@H]2C(=O)N1c1cccc([N+](=O)[O-])c1. The molecule has 3 aromatic rings. The molecule has 0 radical (unpaired) electrons. The average Bonchev–Trinajstić information content (AvgIpc) is 3.09. The number of aliphatic carboxylic acids is 1. The van der Waals surface area contributed by atoms with Crippen molar-refractivity contribution in [1.82, 2.24) is 0 Å². The highest BCUT2D eigenvalue weighted by molar-refractivity contribution is 6.25. The first-order chi connectivity index (χ1) is 15.9. The van der Waals surface area contributed by atoms with Crippen LogP contribution >= 0.6 is 0 Å². The number of carboxylic acid groups (broad SMARTS) is 1. The molecule has 0 aromatic heterocycles. The van der Waals surface area contributed by atoms with Crippen molar-refractivity contribution in [3.63, 3.8) is 0 Å². The molecule has 0 spiro atoms. The number of carbonyl (C=O) groups is 3. The van der Waals surface area contributed by atoms with Gasteiger partial charge in [-0.2, -0.15) is 0 Å². The Labute approximate surface area is 187 Å². The molecule has 1 heterocycles. The van der Waals surface area contributed by atoms with Crippen LogP contribution in [0.3, 0.4) is 0 Å². The summed E-state index contributed by atoms with van der Waals surface area (Å²) in [4.78, 5) is 52.2. The molecule has 1 aliphatic heterocycles. The number of anilines is 1. The number of rotatable bonds is 3. The van der Waals surface area contributed by atoms with E-state index in [0.717, 1.165) is 16.0 Å². The molecule has 162 valence electrons. The van der Waals surface area contributed by atoms with Crippen molar-refractivity contribution in [2.24, 2.45) is 11.8 Å². The minimum absolute atomic E-state index is 0.0710. The Kier molecular flexibility index (Phi) is 3.73. The molecular weight excluding hydrogens is 424 g/mol. The van der Waals surface area contributed by atoms with Crippen molar-refractivity contribution in [3.05, 3.63) is 105 Å². The van der Waals surface area contributed by atoms with Crippen LogP contribution in [0, 0.1) is 22.0 Å². The van der Waals surface area contributed by atoms with Crippen molar-refractivity contribution in [2.75, 3.05) is 4.90 Å². The van der Waals surface area contributed by atoms with Crippen molar-refractivity contribution in [2.45, 2.75) is 11.3 Å². The van der Waals surface area contributed by atoms with E-state index in [1.165, 1.54) is 24.3 Å². The molecule has 2 bridgehead atoms. The summed E-state index contributed by atoms with van der Waals surface area (Å²) >= 11 is 0. The van der Waals surface area contributed by atoms with Gasteiger partial charge in [0, 0.05) is 18.1 Å². The average molecular weight is 440 g/mol. The third kappa shape index (κ3) is 2.17. The lowest BCUT2D eigenvalue weighted by Crippen LogP contribution is -2.57. The van der Waals surface area contributed by atoms with E-state index in [1.54, 1.807) is 36.4 Å². The summed E-state index contributed by atoms with van der Waals surface area (Å²) in [5.74, 6) is -4.94. The zero-order chi connectivity index (χ0) is 23.1. The number of nitro benzene ring substituents is 1. The van der Waals surface area contributed by atoms with E-state index in [-0.39, 0.29) is 11.4 Å². The zero-order valence-electron chi connectivity index (χ0n) is 17.0. The normalized spacial score (nSPS) is 26.5. The lowest BCUT2D eigenvalue weighted by molar-refractivity contribution is -0.384. The molecule has 1 N–H and O–H groups in total. The van der Waals surface area contributed by atoms with Crippen LogP contribution in [0.15, 0.2) is 72.8 Å². The summed E-state index contributed by atoms with van der Waals surface area (Å²) in [5, 5.41) is 21.9. The van der Waals surface area contributed by atoms with E-state index < -0.39 is 45.9 Å². The quantitative estimate of drug-likeness (QED) is 0.380. The van der Waals surface area contributed by atoms with Crippen LogP contribution in [0.25, 0.3) is 0 Å². The number of nitro groups is 1. The lowest BCUT2D eigenvalue weighted by atomic mass is 9.47. The number of hydrogen-bond donors (Lipinski definition) is 1. The van der Waals surface area contributed by atoms with E-state index >= 15 is 0 Å². The largest absolute Gasteiger partial charge is 0.480 e. The number of carbonyl (C=O) groups excluding carboxylic acids is 2. The van der Waals surface area contributed by atoms with E-state index in [2.05, 4.69) is 0 Å². The number of carboxylic acids is 1. The van der Waals surface area contributed by atoms with Gasteiger partial charge in [-0.25, -0.2) is 4.90 Å². The van der Waals surface area contributed by atoms with Gasteiger partial charge in [-0.1, -0.05) is 54.6 Å². The fraction of sp³-hybridized carbons (Fsp3) is 0.160. The van der Waals surface area contributed by atoms with E-state index in [1.807, 2.05) is 12.1 Å². The van der Waals surface area contributed by atoms with Gasteiger partial charge in [-0.15, -0.1) is 0 Å². The Morgan fingerprint density at radius 2 is 1.52 bits per heavy atom. The van der Waals surface area contributed by atoms with Gasteiger partial charge in [-0.05, 0) is 28.3 Å². The van der Waals surface area contributed by atoms with Gasteiger partial charge in [0.2, 0.25) is 11.8 Å². The molecule has 0 unspecified atom stereocenters. The maximum atomic E-state index is 13.8. The summed E-state index contributed by atoms with van der Waals surface area (Å²) < 4.78 is 0. The molecule has 7 rings (SSSR count). The van der Waals surface area contributed by atoms with Crippen molar-refractivity contribution in [3.8, 4) is 0 Å². The standard InChI is InChI=1S/C25H16N2O6/c28-22-20-19-15-8-1-3-10-17(15)25(24(30)31,18-11-4-2-9-16(18)19)21(20)23(29)26(22)13-6-5-7-14(12-13)27(32)33/h1-12,19-21H,(H,30,31)/t19?,20-,21+,25?/m1/s1. The first kappa shape index (κ1) is 19.4. The Morgan fingerprint density at radius 3 is 2.09 bits per heavy atom. The fourth-order valence-electron chi connectivity index (χ4n) is 6.14. The second-order valence-electron chi connectivity index (χ2n) is 8.56. The van der Waals surface area contributed by atoms with Gasteiger partial charge in [0.15, 0.2) is 0 Å². The first-order valence-electron chi connectivity index (χ1n) is 10.4. The molecule has 0 saturated carbocycles. The molecule has 2 atom stereocenters. The molecular formula is C25H16N2O6. The number of non-ortho nitro benzene ring substituents is 1. The molecule has 4 aliphatic rings. The monoisotopic (exact) mass is 440 g/mol. The summed E-state index contributed by atoms with van der Waals surface area (Å²) in [6.07, 6.45) is 0. The van der Waals surface area contributed by atoms with Gasteiger partial charge in [0.05, 0.1) is 22.4 Å². The lowest BCUT2D eigenvalue weighted by Gasteiger charge is -2.51. The van der Waals surface area contributed by atoms with E-state index in [0.29, 0.717) is 11.1 Å². The molecule has 1 fully saturated rings. The van der Waals surface area contributed by atoms with Gasteiger partial charge >= 0.3 is 5.97 Å². The predicted molar refractivity (Wildman–Crippen MR) is 116 cm³/mol. The zero-order valence-corrected chi connectivity index (χ0v) is 17.0. The summed E-state index contributed by atoms with van der Waals surface area (Å²) in [5.41, 5.74) is 0.569. The molecule has 1 saturated heterocycles. The van der Waals surface area contributed by atoms with Crippen LogP contribution in [0.2, 0.25) is 0 Å². The van der Waals surface area contributed by atoms with Crippen LogP contribution in [0.4, 0.5) is 11.4 Å². The van der Waals surface area contributed by atoms with Gasteiger partial charge in [-0.3, -0.25) is 24.5 Å². The Hall–Kier alpha value is -4.33. The summed E-state index contributed by atoms with van der Waals surface area (Å²) in [6.45, 7) is 0. The Morgan fingerprint density at radius 1 is 0.909 bits per heavy atom. The second kappa shape index (κ2) is 6.35. The smallest absolute Gasteiger partial charge is 0.319 e. The summed E-state index contributed by atoms with van der Waals surface area (Å²) in [6, 6.07) is 19.4. The maximum Gasteiger partial charge on any atom is 0.319 e. The predicted octanol–water partition coefficient (Wildman–Crippen LogP) is 3.23. The maximum absolute atomic E-state index is 13.8. The molecule has 2 amide bonds. The number of imide groups is 1. The van der Waals surface area contributed by atoms with Crippen LogP contribution in [0.5, 0.6) is 0 Å². The molecule has 3 aliphatic carbocycles. The van der Waals surface area contributed by atoms with Crippen LogP contribution in [0.1, 0.15) is 28.2 Å². The number of hydrogen-bond acceptors (Lipinski definition) is 5. The van der Waals surface area contributed by atoms with Crippen LogP contribution < -0.4 is 4.90 Å². The highest BCUT2D eigenvalue weighted by atomic mass is 16.6. The molecule has 33 heavy (non-hydrogen) atoms. The second-order valence-corrected chi connectivity index (χ2v) is 8.56. The highest BCUT2D eigenvalue weighted by Crippen LogP contribution is 2.64. The van der Waals surface area contributed by atoms with Gasteiger partial charge < -0.3 is 5.11 Å². The Bertz CT molecular complexity index is 1370. The molecule has 8 heteroatoms. The number of benzene rings is 3. The topological polar surface area (TPSA) is 118 Å². The van der Waals surface area contributed by atoms with E-state index in [4.69, 9.17) is 0 Å². The highest BCUT2D eigenvalue weighted by Gasteiger charge is 2.71. The van der Waals surface area contributed by atoms with Crippen molar-refractivity contribution < 1.29 is 24.4 Å². The van der Waals surface area contributed by atoms with E-state index in [9.17, 15) is 29.6 Å². The van der Waals surface area contributed by atoms with Crippen LogP contribution in [-0.2, 0) is 19.8 Å². The van der Waals surface area contributed by atoms with Gasteiger partial charge in [0.25, 0.3) is 5.69 Å². The van der Waals surface area contributed by atoms with Crippen molar-refractivity contribution >= 4 is 29.2 Å². The minimum Gasteiger partial charge on any atom is -0.480 e. The number of nitrogens with zero attached hydrogens (tertiary/aromatic N) is 2. The first-order valence-corrected chi connectivity index (χ1v) is 10.4. The summed E-state index contributed by atoms with van der Waals surface area (Å²) in [7, 11) is 0. The minimum atomic E-state index is -1.73. The molecule has 3 aromatic carbocycles. The number of amides is 2. The fourth-order valence-corrected chi connectivity index (χ4v) is 6.14. The third-order valence-electron chi connectivity index (χ3n) is 7.25. The Balaban J connectivity index is 1.64. The van der Waals surface area contributed by atoms with Crippen molar-refractivity contribution in [1.29, 1.82) is 0 Å².